The van der Waals surface area contributed by atoms with E-state index < -0.39 is 47.5 Å². The number of fused-ring (bicyclic) bond motifs is 4. The average Bonchev–Trinajstić information content (AvgIpc) is 1.66. The van der Waals surface area contributed by atoms with Gasteiger partial charge < -0.3 is 34.4 Å². The van der Waals surface area contributed by atoms with Gasteiger partial charge in [0.2, 0.25) is 23.8 Å². The number of rotatable bonds is 32. The van der Waals surface area contributed by atoms with Crippen molar-refractivity contribution in [2.24, 2.45) is 33.2 Å². The van der Waals surface area contributed by atoms with Crippen LogP contribution in [-0.2, 0) is 111 Å². The maximum absolute atomic E-state index is 15.3. The summed E-state index contributed by atoms with van der Waals surface area (Å²) >= 11 is 1.67. The Morgan fingerprint density at radius 2 is 0.868 bits per heavy atom. The lowest BCUT2D eigenvalue weighted by Crippen LogP contribution is -2.48. The smallest absolute Gasteiger partial charge is 0.347 e. The van der Waals surface area contributed by atoms with E-state index >= 15 is 4.39 Å². The van der Waals surface area contributed by atoms with Gasteiger partial charge in [0.15, 0.2) is 5.17 Å². The van der Waals surface area contributed by atoms with Crippen molar-refractivity contribution in [2.75, 3.05) is 88.3 Å². The number of nitrogens with zero attached hydrogens (tertiary/aromatic N) is 18. The maximum Gasteiger partial charge on any atom is 0.347 e. The number of hydrogen-bond acceptors (Lipinski definition) is 21. The molecule has 0 radical (unpaired) electrons. The summed E-state index contributed by atoms with van der Waals surface area (Å²) in [6.07, 6.45) is 5.37. The number of benzene rings is 7. The van der Waals surface area contributed by atoms with Gasteiger partial charge >= 0.3 is 22.8 Å². The summed E-state index contributed by atoms with van der Waals surface area (Å²) in [5.74, 6) is 1.43. The van der Waals surface area contributed by atoms with Gasteiger partial charge in [0, 0.05) is 145 Å². The first-order chi connectivity index (χ1) is 61.5. The summed E-state index contributed by atoms with van der Waals surface area (Å²) in [5, 5.41) is 23.1. The molecule has 0 amide bonds. The number of piperidine rings is 2. The molecule has 7 aromatic carbocycles. The van der Waals surface area contributed by atoms with Gasteiger partial charge in [-0.15, -0.1) is 44.4 Å². The maximum atomic E-state index is 15.3. The molecule has 4 aromatic heterocycles. The van der Waals surface area contributed by atoms with Gasteiger partial charge in [-0.2, -0.15) is 8.42 Å². The van der Waals surface area contributed by atoms with Crippen molar-refractivity contribution < 1.29 is 44.0 Å². The number of alkyl halides is 3. The highest BCUT2D eigenvalue weighted by atomic mass is 127. The number of thioether (sulfide) groups is 1. The van der Waals surface area contributed by atoms with Crippen LogP contribution in [-0.4, -0.2) is 209 Å². The number of hydrogen-bond donors (Lipinski definition) is 2. The summed E-state index contributed by atoms with van der Waals surface area (Å²) in [5.41, 5.74) is 5.31. The molecular formula is C92H120F5IN20O9S2. The lowest BCUT2D eigenvalue weighted by molar-refractivity contribution is -0.0350. The molecule has 4 aliphatic rings. The summed E-state index contributed by atoms with van der Waals surface area (Å²) in [6.45, 7) is 4.38. The molecule has 8 heterocycles. The van der Waals surface area contributed by atoms with E-state index in [0.29, 0.717) is 48.0 Å². The molecule has 696 valence electrons. The highest BCUT2D eigenvalue weighted by molar-refractivity contribution is 14.0. The van der Waals surface area contributed by atoms with Crippen LogP contribution in [0.2, 0.25) is 0 Å². The largest absolute Gasteiger partial charge is 0.373 e. The number of amidine groups is 1. The van der Waals surface area contributed by atoms with Gasteiger partial charge in [-0.1, -0.05) is 187 Å². The molecular weight excluding hydrogens is 1820 g/mol. The molecule has 129 heavy (non-hydrogen) atoms. The number of nitrogens with one attached hydrogen (secondary N) is 2. The second kappa shape index (κ2) is 48.4. The van der Waals surface area contributed by atoms with Crippen LogP contribution >= 0.6 is 35.7 Å². The van der Waals surface area contributed by atoms with Gasteiger partial charge in [0.25, 0.3) is 10.1 Å². The van der Waals surface area contributed by atoms with Crippen molar-refractivity contribution in [1.82, 2.24) is 72.5 Å². The van der Waals surface area contributed by atoms with E-state index in [1.165, 1.54) is 63.0 Å². The van der Waals surface area contributed by atoms with Crippen LogP contribution in [0.5, 0.6) is 0 Å². The third-order valence-electron chi connectivity index (χ3n) is 23.1. The average molecular weight is 1940 g/mol. The molecule has 37 heteroatoms. The Bertz CT molecular complexity index is 5690. The third kappa shape index (κ3) is 28.0. The Balaban J connectivity index is 0.000000174. The third-order valence-corrected chi connectivity index (χ3v) is 25.3. The molecule has 7 atom stereocenters. The predicted octanol–water partition coefficient (Wildman–Crippen LogP) is 12.3. The van der Waals surface area contributed by atoms with Crippen molar-refractivity contribution in [3.05, 3.63) is 287 Å². The normalized spacial score (nSPS) is 17.8. The lowest BCUT2D eigenvalue weighted by Gasteiger charge is -2.39. The number of ether oxygens (including phenoxy) is 2. The zero-order valence-electron chi connectivity index (χ0n) is 75.2. The first-order valence-corrected chi connectivity index (χ1v) is 45.4. The fraction of sp³-hybridized carbons (Fsp3) is 0.446. The topological polar surface area (TPSA) is 276 Å². The highest BCUT2D eigenvalue weighted by Gasteiger charge is 2.44. The first-order valence-electron chi connectivity index (χ1n) is 42.8. The fourth-order valence-corrected chi connectivity index (χ4v) is 18.1. The van der Waals surface area contributed by atoms with Crippen LogP contribution in [0, 0.1) is 18.6 Å². The van der Waals surface area contributed by atoms with Crippen LogP contribution < -0.4 is 42.8 Å². The molecule has 0 spiro atoms. The summed E-state index contributed by atoms with van der Waals surface area (Å²) in [4.78, 5) is 65.0. The molecule has 4 fully saturated rings. The minimum atomic E-state index is -4.09. The van der Waals surface area contributed by atoms with E-state index in [0.717, 1.165) is 91.0 Å². The summed E-state index contributed by atoms with van der Waals surface area (Å²) in [7, 11) is 13.6. The first kappa shape index (κ1) is 101. The van der Waals surface area contributed by atoms with E-state index in [-0.39, 0.29) is 133 Å². The van der Waals surface area contributed by atoms with Gasteiger partial charge in [0.1, 0.15) is 30.1 Å². The zero-order chi connectivity index (χ0) is 91.7. The summed E-state index contributed by atoms with van der Waals surface area (Å²) < 4.78 is 123. The van der Waals surface area contributed by atoms with Crippen LogP contribution in [0.1, 0.15) is 90.3 Å². The monoisotopic (exact) mass is 1930 g/mol. The summed E-state index contributed by atoms with van der Waals surface area (Å²) in [6, 6.07) is 60.5. The molecule has 4 saturated heterocycles. The van der Waals surface area contributed by atoms with E-state index in [4.69, 9.17) is 13.7 Å². The van der Waals surface area contributed by atoms with Crippen molar-refractivity contribution in [1.29, 1.82) is 0 Å². The van der Waals surface area contributed by atoms with Gasteiger partial charge in [-0.25, -0.2) is 60.3 Å². The minimum absolute atomic E-state index is 0. The molecule has 2 N–H and O–H groups in total. The predicted molar refractivity (Wildman–Crippen MR) is 506 cm³/mol. The Labute approximate surface area is 771 Å². The molecule has 29 nitrogen and oxygen atoms in total. The second-order valence-corrected chi connectivity index (χ2v) is 35.1. The molecule has 0 aliphatic carbocycles. The van der Waals surface area contributed by atoms with Crippen molar-refractivity contribution in [3.63, 3.8) is 0 Å². The molecule has 7 unspecified atom stereocenters. The second-order valence-electron chi connectivity index (χ2n) is 32.7. The van der Waals surface area contributed by atoms with E-state index in [1.54, 1.807) is 95.3 Å². The van der Waals surface area contributed by atoms with Gasteiger partial charge in [-0.05, 0) is 111 Å². The van der Waals surface area contributed by atoms with Crippen molar-refractivity contribution in [2.45, 2.75) is 177 Å². The Hall–Kier alpha value is -10.6. The SMILES string of the molecule is CN(Cc1ccccc1)c1n[nH]c(=O)n1C.CN(Cc1ccccc1)c1nn(CC(F)CN2C3CCC2CC(OCc2ccccc2F)C3)c(=O)n1C.CN=C(SC)N(C)Cc1ccccc1.CNc1nn(CC(F)CN2C3CCC2CC(OCc2ccccc2F)C3)c(=O)n1C.Cc1ccc(S(=O)(=O)OCC(F)Cn2nc(N(C)Cc3ccccc3)n(C)c2=O)cc1.I. The van der Waals surface area contributed by atoms with Crippen LogP contribution in [0.4, 0.5) is 45.7 Å². The van der Waals surface area contributed by atoms with Crippen LogP contribution in [0.3, 0.4) is 0 Å². The number of aliphatic imine (C=N–C) groups is 1. The zero-order valence-corrected chi connectivity index (χ0v) is 79.1. The Morgan fingerprint density at radius 1 is 0.504 bits per heavy atom. The molecule has 11 aromatic rings. The lowest BCUT2D eigenvalue weighted by atomic mass is 9.99. The molecule has 0 saturated carbocycles. The van der Waals surface area contributed by atoms with Gasteiger partial charge in [-0.3, -0.25) is 37.2 Å². The quantitative estimate of drug-likeness (QED) is 0.0130. The highest BCUT2D eigenvalue weighted by Crippen LogP contribution is 2.39. The van der Waals surface area contributed by atoms with E-state index in [2.05, 4.69) is 81.8 Å². The minimum Gasteiger partial charge on any atom is -0.373 e. The molecule has 15 rings (SSSR count). The van der Waals surface area contributed by atoms with Crippen LogP contribution in [0.15, 0.2) is 223 Å². The number of aromatic nitrogens is 12. The fourth-order valence-electron chi connectivity index (χ4n) is 16.6. The number of aryl methyl sites for hydroxylation is 1. The molecule has 4 bridgehead atoms. The number of aromatic amines is 1. The standard InChI is InChI=1S/C28H35F2N5O2.C21H29F2N5O2.C21H25FN4O4S.C11H14N4O.C11H16N2S.HI/c1-32(16-20-8-4-3-5-9-20)27-31-35(28(36)33(27)2)18-22(29)17-34-23-12-13-24(34)15-25(14-23)37-19-21-10-6-7-11-26(21)30;1-24-20-25-28(21(29)26(20)2)12-15(22)11-27-16-7-8-17(27)10-18(9-16)30-13-14-5-3-4-6-19(14)23;1-16-9-11-19(12-10-16)31(28,29)30-15-18(22)14-26-21(27)25(3)20(23-26)24(2)13-17-7-5-4-6-8-17;1-14(8-9-6-4-3-5-7-9)10-12-13-11(16)15(10)2;1-12-11(14-3)13(2)9-10-7-5-4-6-8-10;/h3-11,22-25H,12-19H2,1-2H3;3-6,15-18H,7-13H2,1-2H3,(H,24,25);4-12,18H,13-15H2,1-3H3;3-7H,8H2,1-2H3,(H,13,16);4-8H,9H2,1-3H3;1H. The van der Waals surface area contributed by atoms with Crippen molar-refractivity contribution in [3.8, 4) is 0 Å². The number of halogens is 6. The Kier molecular flexibility index (Phi) is 37.7. The Morgan fingerprint density at radius 3 is 1.23 bits per heavy atom. The number of anilines is 4. The van der Waals surface area contributed by atoms with Crippen LogP contribution in [0.25, 0.3) is 0 Å². The van der Waals surface area contributed by atoms with Crippen molar-refractivity contribution >= 4 is 74.8 Å². The number of H-pyrrole nitrogens is 1. The van der Waals surface area contributed by atoms with E-state index in [1.807, 2.05) is 153 Å². The van der Waals surface area contributed by atoms with E-state index in [9.17, 15) is 45.2 Å². The van der Waals surface area contributed by atoms with Gasteiger partial charge in [0.05, 0.1) is 56.6 Å². The molecule has 4 aliphatic heterocycles.